The van der Waals surface area contributed by atoms with E-state index in [-0.39, 0.29) is 11.9 Å². The Morgan fingerprint density at radius 2 is 1.66 bits per heavy atom. The molecule has 0 aliphatic carbocycles. The van der Waals surface area contributed by atoms with Crippen LogP contribution in [0.25, 0.3) is 0 Å². The van der Waals surface area contributed by atoms with Gasteiger partial charge in [-0.25, -0.2) is 8.78 Å². The minimum Gasteiger partial charge on any atom is -0.368 e. The Labute approximate surface area is 228 Å². The highest BCUT2D eigenvalue weighted by Gasteiger charge is 2.31. The van der Waals surface area contributed by atoms with Gasteiger partial charge in [-0.2, -0.15) is 0 Å². The molecule has 3 aromatic rings. The van der Waals surface area contributed by atoms with E-state index in [4.69, 9.17) is 11.6 Å². The minimum atomic E-state index is -0.856. The van der Waals surface area contributed by atoms with Crippen LogP contribution in [0.2, 0.25) is 5.02 Å². The number of hydrogen-bond acceptors (Lipinski definition) is 4. The number of hydrogen-bond donors (Lipinski definition) is 0. The zero-order chi connectivity index (χ0) is 27.0. The molecular weight excluding hydrogens is 508 g/mol. The van der Waals surface area contributed by atoms with Crippen molar-refractivity contribution in [3.63, 3.8) is 0 Å². The lowest BCUT2D eigenvalue weighted by molar-refractivity contribution is 0.0664. The number of halogens is 3. The van der Waals surface area contributed by atoms with Crippen molar-refractivity contribution in [3.8, 4) is 0 Å². The molecule has 0 bridgehead atoms. The van der Waals surface area contributed by atoms with Gasteiger partial charge in [0.25, 0.3) is 5.91 Å². The van der Waals surface area contributed by atoms with E-state index in [0.29, 0.717) is 31.0 Å². The van der Waals surface area contributed by atoms with Gasteiger partial charge in [0.05, 0.1) is 10.7 Å². The predicted octanol–water partition coefficient (Wildman–Crippen LogP) is 4.94. The number of piperazine rings is 2. The van der Waals surface area contributed by atoms with E-state index in [0.717, 1.165) is 60.8 Å². The lowest BCUT2D eigenvalue weighted by atomic mass is 10.1. The van der Waals surface area contributed by atoms with Crippen LogP contribution >= 0.6 is 11.6 Å². The van der Waals surface area contributed by atoms with E-state index in [9.17, 15) is 13.6 Å². The molecule has 0 spiro atoms. The van der Waals surface area contributed by atoms with Gasteiger partial charge in [0.1, 0.15) is 5.69 Å². The molecule has 1 atom stereocenters. The molecule has 2 aromatic carbocycles. The number of nitrogens with zero attached hydrogens (tertiary/aromatic N) is 5. The molecule has 5 rings (SSSR count). The summed E-state index contributed by atoms with van der Waals surface area (Å²) in [7, 11) is 1.95. The molecule has 0 N–H and O–H groups in total. The summed E-state index contributed by atoms with van der Waals surface area (Å²) in [5, 5.41) is 0.780. The van der Waals surface area contributed by atoms with Crippen molar-refractivity contribution in [2.24, 2.45) is 7.05 Å². The maximum Gasteiger partial charge on any atom is 0.270 e. The Kier molecular flexibility index (Phi) is 7.63. The van der Waals surface area contributed by atoms with Gasteiger partial charge in [0, 0.05) is 82.9 Å². The van der Waals surface area contributed by atoms with Crippen LogP contribution in [0.3, 0.4) is 0 Å². The fraction of sp³-hybridized carbons (Fsp3) is 0.414. The van der Waals surface area contributed by atoms with Gasteiger partial charge in [-0.15, -0.1) is 0 Å². The van der Waals surface area contributed by atoms with E-state index in [2.05, 4.69) is 22.8 Å². The number of anilines is 2. The van der Waals surface area contributed by atoms with E-state index in [1.165, 1.54) is 6.07 Å². The lowest BCUT2D eigenvalue weighted by Gasteiger charge is -2.41. The third-order valence-corrected chi connectivity index (χ3v) is 8.29. The van der Waals surface area contributed by atoms with Crippen molar-refractivity contribution in [1.29, 1.82) is 0 Å². The average Bonchev–Trinajstić information content (AvgIpc) is 3.19. The van der Waals surface area contributed by atoms with Crippen LogP contribution in [0.4, 0.5) is 20.2 Å². The highest BCUT2D eigenvalue weighted by atomic mass is 35.5. The molecule has 3 heterocycles. The minimum absolute atomic E-state index is 0.00262. The normalized spacial score (nSPS) is 18.8. The van der Waals surface area contributed by atoms with Gasteiger partial charge in [-0.05, 0) is 49.7 Å². The van der Waals surface area contributed by atoms with Crippen LogP contribution < -0.4 is 9.80 Å². The number of amides is 1. The average molecular weight is 542 g/mol. The summed E-state index contributed by atoms with van der Waals surface area (Å²) in [6.45, 7) is 10.1. The molecule has 2 aliphatic rings. The fourth-order valence-corrected chi connectivity index (χ4v) is 5.80. The number of carbonyl (C=O) groups is 1. The summed E-state index contributed by atoms with van der Waals surface area (Å²) >= 11 is 6.39. The quantitative estimate of drug-likeness (QED) is 0.458. The standard InChI is InChI=1S/C29H34ClF2N5O/c1-20-18-36(23-8-9-25(31)26(32)17-23)14-15-37(20)29(38)28-16-22(21(2)33(28)3)19-34-10-12-35(13-11-34)27-7-5-4-6-24(27)30/h4-9,16-17,20H,10-15,18-19H2,1-3H3/t20-/m0/s1. The lowest BCUT2D eigenvalue weighted by Crippen LogP contribution is -2.54. The summed E-state index contributed by atoms with van der Waals surface area (Å²) in [5.41, 5.74) is 4.65. The monoisotopic (exact) mass is 541 g/mol. The van der Waals surface area contributed by atoms with Crippen molar-refractivity contribution >= 4 is 28.9 Å². The van der Waals surface area contributed by atoms with E-state index < -0.39 is 11.6 Å². The topological polar surface area (TPSA) is 35.0 Å². The first-order valence-electron chi connectivity index (χ1n) is 13.1. The highest BCUT2D eigenvalue weighted by molar-refractivity contribution is 6.33. The third-order valence-electron chi connectivity index (χ3n) is 7.98. The van der Waals surface area contributed by atoms with Crippen LogP contribution in [-0.2, 0) is 13.6 Å². The Hall–Kier alpha value is -3.10. The largest absolute Gasteiger partial charge is 0.368 e. The number of rotatable bonds is 5. The smallest absolute Gasteiger partial charge is 0.270 e. The van der Waals surface area contributed by atoms with Crippen molar-refractivity contribution < 1.29 is 13.6 Å². The molecule has 2 fully saturated rings. The summed E-state index contributed by atoms with van der Waals surface area (Å²) in [6, 6.07) is 13.9. The number of aromatic nitrogens is 1. The molecule has 1 amide bonds. The van der Waals surface area contributed by atoms with Crippen LogP contribution in [0.15, 0.2) is 48.5 Å². The van der Waals surface area contributed by atoms with Gasteiger partial charge in [0.15, 0.2) is 11.6 Å². The van der Waals surface area contributed by atoms with Crippen LogP contribution in [-0.4, -0.2) is 72.1 Å². The molecule has 0 radical (unpaired) electrons. The first-order valence-corrected chi connectivity index (χ1v) is 13.5. The first kappa shape index (κ1) is 26.5. The SMILES string of the molecule is Cc1c(CN2CCN(c3ccccc3Cl)CC2)cc(C(=O)N2CCN(c3ccc(F)c(F)c3)C[C@@H]2C)n1C. The van der Waals surface area contributed by atoms with Crippen LogP contribution in [0.1, 0.15) is 28.7 Å². The van der Waals surface area contributed by atoms with E-state index in [1.807, 2.05) is 52.6 Å². The summed E-state index contributed by atoms with van der Waals surface area (Å²) in [4.78, 5) is 22.2. The van der Waals surface area contributed by atoms with Crippen molar-refractivity contribution in [2.75, 3.05) is 55.6 Å². The Morgan fingerprint density at radius 3 is 2.34 bits per heavy atom. The first-order chi connectivity index (χ1) is 18.2. The molecular formula is C29H34ClF2N5O. The molecule has 202 valence electrons. The van der Waals surface area contributed by atoms with Gasteiger partial charge in [-0.1, -0.05) is 23.7 Å². The summed E-state index contributed by atoms with van der Waals surface area (Å²) in [6.07, 6.45) is 0. The molecule has 9 heteroatoms. The Balaban J connectivity index is 1.22. The Bertz CT molecular complexity index is 1320. The molecule has 2 aliphatic heterocycles. The zero-order valence-corrected chi connectivity index (χ0v) is 22.9. The van der Waals surface area contributed by atoms with Gasteiger partial charge >= 0.3 is 0 Å². The van der Waals surface area contributed by atoms with Gasteiger partial charge < -0.3 is 19.3 Å². The second-order valence-corrected chi connectivity index (χ2v) is 10.7. The summed E-state index contributed by atoms with van der Waals surface area (Å²) in [5.74, 6) is -1.71. The predicted molar refractivity (Wildman–Crippen MR) is 148 cm³/mol. The molecule has 0 saturated carbocycles. The number of carbonyl (C=O) groups excluding carboxylic acids is 1. The van der Waals surface area contributed by atoms with Crippen molar-refractivity contribution in [1.82, 2.24) is 14.4 Å². The number of para-hydroxylation sites is 1. The fourth-order valence-electron chi connectivity index (χ4n) is 5.55. The molecule has 6 nitrogen and oxygen atoms in total. The van der Waals surface area contributed by atoms with Gasteiger partial charge in [-0.3, -0.25) is 9.69 Å². The molecule has 1 aromatic heterocycles. The second kappa shape index (κ2) is 10.9. The molecule has 2 saturated heterocycles. The van der Waals surface area contributed by atoms with E-state index >= 15 is 0 Å². The zero-order valence-electron chi connectivity index (χ0n) is 22.1. The summed E-state index contributed by atoms with van der Waals surface area (Å²) < 4.78 is 29.1. The maximum atomic E-state index is 13.7. The maximum absolute atomic E-state index is 13.7. The van der Waals surface area contributed by atoms with Crippen LogP contribution in [0.5, 0.6) is 0 Å². The Morgan fingerprint density at radius 1 is 0.947 bits per heavy atom. The molecule has 0 unspecified atom stereocenters. The third kappa shape index (κ3) is 5.24. The van der Waals surface area contributed by atoms with Crippen molar-refractivity contribution in [3.05, 3.63) is 82.1 Å². The number of benzene rings is 2. The van der Waals surface area contributed by atoms with Crippen molar-refractivity contribution in [2.45, 2.75) is 26.4 Å². The highest BCUT2D eigenvalue weighted by Crippen LogP contribution is 2.27. The van der Waals surface area contributed by atoms with Gasteiger partial charge in [0.2, 0.25) is 0 Å². The van der Waals surface area contributed by atoms with E-state index in [1.54, 1.807) is 6.07 Å². The second-order valence-electron chi connectivity index (χ2n) is 10.3. The van der Waals surface area contributed by atoms with Crippen LogP contribution in [0, 0.1) is 18.6 Å². The molecule has 38 heavy (non-hydrogen) atoms.